The second-order valence-corrected chi connectivity index (χ2v) is 3.62. The van der Waals surface area contributed by atoms with Crippen LogP contribution in [0.15, 0.2) is 12.3 Å². The molecule has 0 bridgehead atoms. The van der Waals surface area contributed by atoms with E-state index in [-0.39, 0.29) is 12.0 Å². The van der Waals surface area contributed by atoms with Gasteiger partial charge in [0, 0.05) is 7.05 Å². The van der Waals surface area contributed by atoms with Gasteiger partial charge in [-0.3, -0.25) is 4.79 Å². The number of pyridine rings is 1. The lowest BCUT2D eigenvalue weighted by Gasteiger charge is -2.09. The van der Waals surface area contributed by atoms with Gasteiger partial charge in [0.05, 0.1) is 19.4 Å². The summed E-state index contributed by atoms with van der Waals surface area (Å²) in [4.78, 5) is 15.6. The van der Waals surface area contributed by atoms with Crippen LogP contribution in [0.2, 0.25) is 0 Å². The van der Waals surface area contributed by atoms with Crippen LogP contribution in [0.1, 0.15) is 23.2 Å². The molecule has 5 heteroatoms. The molecule has 0 saturated heterocycles. The Morgan fingerprint density at radius 3 is 2.88 bits per heavy atom. The van der Waals surface area contributed by atoms with Crippen molar-refractivity contribution in [1.82, 2.24) is 10.3 Å². The maximum atomic E-state index is 11.6. The Morgan fingerprint density at radius 2 is 2.31 bits per heavy atom. The molecule has 1 aliphatic rings. The summed E-state index contributed by atoms with van der Waals surface area (Å²) in [6.45, 7) is 0. The molecule has 0 aliphatic heterocycles. The van der Waals surface area contributed by atoms with Crippen LogP contribution >= 0.6 is 0 Å². The summed E-state index contributed by atoms with van der Waals surface area (Å²) in [6, 6.07) is 1.66. The van der Waals surface area contributed by atoms with E-state index >= 15 is 0 Å². The molecule has 5 nitrogen and oxygen atoms in total. The van der Waals surface area contributed by atoms with Gasteiger partial charge in [-0.2, -0.15) is 0 Å². The number of rotatable bonds is 4. The van der Waals surface area contributed by atoms with E-state index in [9.17, 15) is 4.79 Å². The van der Waals surface area contributed by atoms with Crippen molar-refractivity contribution in [3.05, 3.63) is 17.8 Å². The summed E-state index contributed by atoms with van der Waals surface area (Å²) in [5, 5.41) is 2.54. The number of carbonyl (C=O) groups is 1. The van der Waals surface area contributed by atoms with Crippen molar-refractivity contribution in [3.8, 4) is 11.6 Å². The second-order valence-electron chi connectivity index (χ2n) is 3.62. The van der Waals surface area contributed by atoms with Crippen molar-refractivity contribution in [2.24, 2.45) is 0 Å². The van der Waals surface area contributed by atoms with Crippen LogP contribution in [0.4, 0.5) is 0 Å². The first-order valence-corrected chi connectivity index (χ1v) is 5.17. The zero-order valence-electron chi connectivity index (χ0n) is 9.32. The number of aromatic nitrogens is 1. The maximum Gasteiger partial charge on any atom is 0.256 e. The van der Waals surface area contributed by atoms with Crippen LogP contribution in [-0.4, -0.2) is 31.2 Å². The Labute approximate surface area is 93.8 Å². The molecule has 1 heterocycles. The van der Waals surface area contributed by atoms with Crippen molar-refractivity contribution < 1.29 is 14.3 Å². The first kappa shape index (κ1) is 10.7. The van der Waals surface area contributed by atoms with E-state index in [1.54, 1.807) is 19.3 Å². The number of methoxy groups -OCH3 is 1. The van der Waals surface area contributed by atoms with E-state index in [1.165, 1.54) is 7.11 Å². The van der Waals surface area contributed by atoms with Gasteiger partial charge >= 0.3 is 0 Å². The Hall–Kier alpha value is -1.78. The molecule has 1 aromatic heterocycles. The highest BCUT2D eigenvalue weighted by molar-refractivity contribution is 5.96. The zero-order chi connectivity index (χ0) is 11.5. The van der Waals surface area contributed by atoms with Crippen LogP contribution in [-0.2, 0) is 0 Å². The highest BCUT2D eigenvalue weighted by Gasteiger charge is 2.24. The molecular weight excluding hydrogens is 208 g/mol. The van der Waals surface area contributed by atoms with Gasteiger partial charge in [0.15, 0.2) is 0 Å². The number of amides is 1. The van der Waals surface area contributed by atoms with Gasteiger partial charge in [0.1, 0.15) is 11.3 Å². The molecule has 2 rings (SSSR count). The summed E-state index contributed by atoms with van der Waals surface area (Å²) in [5.41, 5.74) is 0.392. The number of carbonyl (C=O) groups excluding carboxylic acids is 1. The molecule has 86 valence electrons. The molecule has 1 N–H and O–H groups in total. The second kappa shape index (κ2) is 4.38. The van der Waals surface area contributed by atoms with Crippen LogP contribution in [0.5, 0.6) is 11.6 Å². The fraction of sp³-hybridized carbons (Fsp3) is 0.455. The van der Waals surface area contributed by atoms with Crippen molar-refractivity contribution in [3.63, 3.8) is 0 Å². The van der Waals surface area contributed by atoms with Gasteiger partial charge in [-0.1, -0.05) is 0 Å². The molecule has 0 spiro atoms. The largest absolute Gasteiger partial charge is 0.489 e. The van der Waals surface area contributed by atoms with E-state index in [0.29, 0.717) is 17.2 Å². The van der Waals surface area contributed by atoms with Crippen LogP contribution in [0, 0.1) is 0 Å². The van der Waals surface area contributed by atoms with Gasteiger partial charge in [0.2, 0.25) is 5.88 Å². The minimum atomic E-state index is -0.231. The Balaban J connectivity index is 2.25. The lowest BCUT2D eigenvalue weighted by atomic mass is 10.2. The molecule has 1 fully saturated rings. The minimum absolute atomic E-state index is 0.231. The standard InChI is InChI=1S/C11H14N2O3/c1-12-10(14)9-5-8(16-7-3-4-7)6-13-11(9)15-2/h5-7H,3-4H2,1-2H3,(H,12,14). The van der Waals surface area contributed by atoms with Crippen molar-refractivity contribution >= 4 is 5.91 Å². The predicted molar refractivity (Wildman–Crippen MR) is 57.8 cm³/mol. The quantitative estimate of drug-likeness (QED) is 0.825. The van der Waals surface area contributed by atoms with Gasteiger partial charge < -0.3 is 14.8 Å². The summed E-state index contributed by atoms with van der Waals surface area (Å²) in [6.07, 6.45) is 4.00. The molecule has 1 aliphatic carbocycles. The molecule has 0 aromatic carbocycles. The summed E-state index contributed by atoms with van der Waals surface area (Å²) in [7, 11) is 3.05. The van der Waals surface area contributed by atoms with E-state index < -0.39 is 0 Å². The third-order valence-corrected chi connectivity index (χ3v) is 2.32. The first-order chi connectivity index (χ1) is 7.74. The fourth-order valence-electron chi connectivity index (χ4n) is 1.34. The van der Waals surface area contributed by atoms with E-state index in [0.717, 1.165) is 12.8 Å². The van der Waals surface area contributed by atoms with Gasteiger partial charge in [-0.15, -0.1) is 0 Å². The minimum Gasteiger partial charge on any atom is -0.489 e. The number of nitrogens with zero attached hydrogens (tertiary/aromatic N) is 1. The topological polar surface area (TPSA) is 60.5 Å². The summed E-state index contributed by atoms with van der Waals surface area (Å²) in [5.74, 6) is 0.690. The molecule has 16 heavy (non-hydrogen) atoms. The molecule has 1 amide bonds. The number of nitrogens with one attached hydrogen (secondary N) is 1. The normalized spacial score (nSPS) is 14.4. The lowest BCUT2D eigenvalue weighted by molar-refractivity contribution is 0.0958. The number of hydrogen-bond acceptors (Lipinski definition) is 4. The summed E-state index contributed by atoms with van der Waals surface area (Å²) >= 11 is 0. The van der Waals surface area contributed by atoms with Gasteiger partial charge in [-0.05, 0) is 18.9 Å². The fourth-order valence-corrected chi connectivity index (χ4v) is 1.34. The number of hydrogen-bond donors (Lipinski definition) is 1. The van der Waals surface area contributed by atoms with E-state index in [2.05, 4.69) is 10.3 Å². The van der Waals surface area contributed by atoms with E-state index in [4.69, 9.17) is 9.47 Å². The van der Waals surface area contributed by atoms with Gasteiger partial charge in [0.25, 0.3) is 5.91 Å². The third kappa shape index (κ3) is 2.24. The average Bonchev–Trinajstić information content (AvgIpc) is 3.12. The zero-order valence-corrected chi connectivity index (χ0v) is 9.32. The van der Waals surface area contributed by atoms with Gasteiger partial charge in [-0.25, -0.2) is 4.98 Å². The van der Waals surface area contributed by atoms with Crippen molar-refractivity contribution in [2.75, 3.05) is 14.2 Å². The highest BCUT2D eigenvalue weighted by Crippen LogP contribution is 2.28. The molecule has 1 saturated carbocycles. The third-order valence-electron chi connectivity index (χ3n) is 2.32. The maximum absolute atomic E-state index is 11.6. The predicted octanol–water partition coefficient (Wildman–Crippen LogP) is 0.991. The molecule has 1 aromatic rings. The molecule has 0 atom stereocenters. The lowest BCUT2D eigenvalue weighted by Crippen LogP contribution is -2.19. The molecule has 0 unspecified atom stereocenters. The first-order valence-electron chi connectivity index (χ1n) is 5.17. The highest BCUT2D eigenvalue weighted by atomic mass is 16.5. The average molecular weight is 222 g/mol. The molecular formula is C11H14N2O3. The Kier molecular flexibility index (Phi) is 2.94. The Morgan fingerprint density at radius 1 is 1.56 bits per heavy atom. The Bertz CT molecular complexity index is 402. The summed E-state index contributed by atoms with van der Waals surface area (Å²) < 4.78 is 10.6. The monoisotopic (exact) mass is 222 g/mol. The van der Waals surface area contributed by atoms with E-state index in [1.807, 2.05) is 0 Å². The number of ether oxygens (including phenoxy) is 2. The van der Waals surface area contributed by atoms with Crippen LogP contribution in [0.3, 0.4) is 0 Å². The SMILES string of the molecule is CNC(=O)c1cc(OC2CC2)cnc1OC. The van der Waals surface area contributed by atoms with Crippen LogP contribution < -0.4 is 14.8 Å². The smallest absolute Gasteiger partial charge is 0.256 e. The molecule has 0 radical (unpaired) electrons. The van der Waals surface area contributed by atoms with Crippen LogP contribution in [0.25, 0.3) is 0 Å². The van der Waals surface area contributed by atoms with Crippen molar-refractivity contribution in [2.45, 2.75) is 18.9 Å². The van der Waals surface area contributed by atoms with Crippen molar-refractivity contribution in [1.29, 1.82) is 0 Å².